The molecule has 7 nitrogen and oxygen atoms in total. The molecule has 4 aromatic rings. The van der Waals surface area contributed by atoms with Crippen molar-refractivity contribution in [2.75, 3.05) is 6.54 Å². The molecule has 40 heavy (non-hydrogen) atoms. The maximum Gasteiger partial charge on any atom is 0.573 e. The van der Waals surface area contributed by atoms with Crippen LogP contribution in [0.1, 0.15) is 42.0 Å². The van der Waals surface area contributed by atoms with Crippen molar-refractivity contribution < 1.29 is 22.7 Å². The van der Waals surface area contributed by atoms with Crippen LogP contribution >= 0.6 is 12.2 Å². The van der Waals surface area contributed by atoms with E-state index in [1.165, 1.54) is 35.3 Å². The van der Waals surface area contributed by atoms with Crippen molar-refractivity contribution in [2.45, 2.75) is 39.5 Å². The summed E-state index contributed by atoms with van der Waals surface area (Å²) in [6.45, 7) is 6.54. The minimum absolute atomic E-state index is 0.269. The highest BCUT2D eigenvalue weighted by molar-refractivity contribution is 7.80. The zero-order chi connectivity index (χ0) is 28.9. The maximum atomic E-state index is 12.5. The monoisotopic (exact) mass is 567 g/mol. The highest BCUT2D eigenvalue weighted by Crippen LogP contribution is 2.24. The lowest BCUT2D eigenvalue weighted by Crippen LogP contribution is -2.40. The zero-order valence-electron chi connectivity index (χ0n) is 22.1. The van der Waals surface area contributed by atoms with Gasteiger partial charge in [0, 0.05) is 17.7 Å². The van der Waals surface area contributed by atoms with Gasteiger partial charge in [0.15, 0.2) is 5.82 Å². The Labute approximate surface area is 235 Å². The number of benzene rings is 3. The first-order chi connectivity index (χ1) is 19.0. The lowest BCUT2D eigenvalue weighted by Gasteiger charge is -2.15. The van der Waals surface area contributed by atoms with E-state index in [4.69, 9.17) is 12.2 Å². The lowest BCUT2D eigenvalue weighted by molar-refractivity contribution is -0.274. The van der Waals surface area contributed by atoms with Crippen molar-refractivity contribution in [1.29, 1.82) is 0 Å². The Morgan fingerprint density at radius 3 is 2.52 bits per heavy atom. The number of hydrogen-bond donors (Lipinski definition) is 2. The number of urea groups is 1. The van der Waals surface area contributed by atoms with E-state index < -0.39 is 6.36 Å². The second kappa shape index (κ2) is 12.3. The Kier molecular flexibility index (Phi) is 8.83. The largest absolute Gasteiger partial charge is 0.573 e. The number of rotatable bonds is 8. The maximum absolute atomic E-state index is 12.5. The minimum Gasteiger partial charge on any atom is -0.406 e. The number of halogens is 3. The minimum atomic E-state index is -4.75. The number of nitrogens with zero attached hydrogens (tertiary/aromatic N) is 3. The number of alkyl halides is 3. The fourth-order valence-electron chi connectivity index (χ4n) is 4.09. The topological polar surface area (TPSA) is 81.1 Å². The first-order valence-corrected chi connectivity index (χ1v) is 13.0. The number of ether oxygens (including phenoxy) is 1. The molecule has 0 aliphatic heterocycles. The van der Waals surface area contributed by atoms with Crippen LogP contribution in [0.2, 0.25) is 0 Å². The van der Waals surface area contributed by atoms with Gasteiger partial charge in [-0.3, -0.25) is 5.32 Å². The summed E-state index contributed by atoms with van der Waals surface area (Å²) in [6, 6.07) is 18.6. The van der Waals surface area contributed by atoms with Crippen LogP contribution in [0.15, 0.2) is 73.1 Å². The van der Waals surface area contributed by atoms with Crippen molar-refractivity contribution in [1.82, 2.24) is 25.4 Å². The van der Waals surface area contributed by atoms with Crippen molar-refractivity contribution in [3.63, 3.8) is 0 Å². The Hall–Kier alpha value is -4.25. The molecular formula is C29H28F3N5O2S. The smallest absolute Gasteiger partial charge is 0.406 e. The average Bonchev–Trinajstić information content (AvgIpc) is 3.38. The number of aromatic nitrogens is 3. The molecule has 0 saturated carbocycles. The molecule has 1 heterocycles. The molecule has 0 spiro atoms. The summed E-state index contributed by atoms with van der Waals surface area (Å²) >= 11 is 5.50. The van der Waals surface area contributed by atoms with Gasteiger partial charge in [-0.15, -0.1) is 18.3 Å². The third-order valence-corrected chi connectivity index (χ3v) is 6.34. The van der Waals surface area contributed by atoms with Crippen LogP contribution in [0, 0.1) is 6.92 Å². The Bertz CT molecular complexity index is 1500. The molecule has 0 radical (unpaired) electrons. The van der Waals surface area contributed by atoms with Gasteiger partial charge in [0.2, 0.25) is 0 Å². The van der Waals surface area contributed by atoms with Crippen LogP contribution in [0.25, 0.3) is 17.1 Å². The predicted octanol–water partition coefficient (Wildman–Crippen LogP) is 6.48. The highest BCUT2D eigenvalue weighted by atomic mass is 32.1. The van der Waals surface area contributed by atoms with Gasteiger partial charge in [-0.2, -0.15) is 0 Å². The van der Waals surface area contributed by atoms with E-state index in [0.29, 0.717) is 29.5 Å². The normalized spacial score (nSPS) is 11.4. The van der Waals surface area contributed by atoms with E-state index in [2.05, 4.69) is 39.3 Å². The van der Waals surface area contributed by atoms with Gasteiger partial charge in [0.05, 0.1) is 5.69 Å². The van der Waals surface area contributed by atoms with E-state index in [-0.39, 0.29) is 17.7 Å². The van der Waals surface area contributed by atoms with Gasteiger partial charge in [0.25, 0.3) is 0 Å². The van der Waals surface area contributed by atoms with Crippen molar-refractivity contribution in [3.8, 4) is 22.8 Å². The predicted molar refractivity (Wildman–Crippen MR) is 151 cm³/mol. The van der Waals surface area contributed by atoms with Gasteiger partial charge < -0.3 is 10.1 Å². The molecule has 3 aromatic carbocycles. The molecule has 0 fully saturated rings. The molecule has 0 atom stereocenters. The summed E-state index contributed by atoms with van der Waals surface area (Å²) < 4.78 is 42.5. The van der Waals surface area contributed by atoms with Gasteiger partial charge >= 0.3 is 12.4 Å². The van der Waals surface area contributed by atoms with Crippen molar-refractivity contribution in [2.24, 2.45) is 0 Å². The Balaban J connectivity index is 1.33. The molecule has 208 valence electrons. The number of aryl methyl sites for hydroxylation is 1. The number of carbonyl (C=O) groups is 1. The zero-order valence-corrected chi connectivity index (χ0v) is 22.9. The molecule has 0 unspecified atom stereocenters. The average molecular weight is 568 g/mol. The highest BCUT2D eigenvalue weighted by Gasteiger charge is 2.31. The fourth-order valence-corrected chi connectivity index (χ4v) is 4.36. The quantitative estimate of drug-likeness (QED) is 0.238. The van der Waals surface area contributed by atoms with Crippen LogP contribution < -0.4 is 15.4 Å². The summed E-state index contributed by atoms with van der Waals surface area (Å²) in [6.07, 6.45) is -2.70. The number of hydrogen-bond acceptors (Lipinski definition) is 5. The summed E-state index contributed by atoms with van der Waals surface area (Å²) in [5.74, 6) is 0.404. The number of amides is 2. The van der Waals surface area contributed by atoms with Crippen LogP contribution in [-0.2, 0) is 6.42 Å². The summed E-state index contributed by atoms with van der Waals surface area (Å²) in [7, 11) is 0. The molecule has 11 heteroatoms. The first kappa shape index (κ1) is 28.8. The summed E-state index contributed by atoms with van der Waals surface area (Å²) in [5.41, 5.74) is 5.26. The van der Waals surface area contributed by atoms with Crippen molar-refractivity contribution >= 4 is 23.2 Å². The summed E-state index contributed by atoms with van der Waals surface area (Å²) in [5, 5.41) is 10.1. The Morgan fingerprint density at radius 1 is 1.07 bits per heavy atom. The van der Waals surface area contributed by atoms with Gasteiger partial charge in [-0.25, -0.2) is 14.5 Å². The molecule has 0 aliphatic rings. The molecule has 0 aliphatic carbocycles. The van der Waals surface area contributed by atoms with Crippen LogP contribution in [0.5, 0.6) is 5.75 Å². The van der Waals surface area contributed by atoms with E-state index >= 15 is 0 Å². The van der Waals surface area contributed by atoms with Crippen LogP contribution in [0.4, 0.5) is 18.0 Å². The molecule has 2 N–H and O–H groups in total. The number of nitrogens with one attached hydrogen (secondary N) is 2. The van der Waals surface area contributed by atoms with Gasteiger partial charge in [-0.05, 0) is 66.8 Å². The fraction of sp³-hybridized carbons (Fsp3) is 0.241. The Morgan fingerprint density at radius 2 is 1.82 bits per heavy atom. The van der Waals surface area contributed by atoms with E-state index in [0.717, 1.165) is 27.8 Å². The number of carbonyl (C=O) groups excluding carboxylic acids is 1. The van der Waals surface area contributed by atoms with E-state index in [9.17, 15) is 18.0 Å². The number of thiocarbonyl (C=S) groups is 1. The first-order valence-electron chi connectivity index (χ1n) is 12.6. The SMILES string of the molecule is Cc1ccc(C(C)C)c(C(=S)NC(=O)NCCc2cccc(-c3ncn(-c4ccc(OC(F)(F)F)cc4)n3)c2)c1. The van der Waals surface area contributed by atoms with E-state index in [1.54, 1.807) is 0 Å². The summed E-state index contributed by atoms with van der Waals surface area (Å²) in [4.78, 5) is 17.2. The third-order valence-electron chi connectivity index (χ3n) is 6.01. The lowest BCUT2D eigenvalue weighted by atomic mass is 9.95. The standard InChI is InChI=1S/C29H28F3N5O2S/c1-18(2)24-12-7-19(3)15-25(24)27(40)35-28(38)33-14-13-20-5-4-6-21(16-20)26-34-17-37(36-26)22-8-10-23(11-9-22)39-29(30,31)32/h4-12,15-18H,13-14H2,1-3H3,(H2,33,35,38,40). The second-order valence-electron chi connectivity index (χ2n) is 9.46. The molecule has 0 saturated heterocycles. The van der Waals surface area contributed by atoms with Crippen LogP contribution in [-0.4, -0.2) is 38.7 Å². The van der Waals surface area contributed by atoms with Crippen molar-refractivity contribution in [3.05, 3.63) is 95.3 Å². The molecule has 4 rings (SSSR count). The van der Waals surface area contributed by atoms with Gasteiger partial charge in [0.1, 0.15) is 17.1 Å². The van der Waals surface area contributed by atoms with Gasteiger partial charge in [-0.1, -0.05) is 62.0 Å². The van der Waals surface area contributed by atoms with E-state index in [1.807, 2.05) is 49.4 Å². The second-order valence-corrected chi connectivity index (χ2v) is 9.87. The third kappa shape index (κ3) is 7.66. The molecule has 0 bridgehead atoms. The molecular weight excluding hydrogens is 539 g/mol. The molecule has 2 amide bonds. The van der Waals surface area contributed by atoms with Crippen LogP contribution in [0.3, 0.4) is 0 Å². The molecule has 1 aromatic heterocycles.